The number of benzene rings is 1. The van der Waals surface area contributed by atoms with E-state index in [9.17, 15) is 4.21 Å². The van der Waals surface area contributed by atoms with E-state index in [0.29, 0.717) is 5.82 Å². The van der Waals surface area contributed by atoms with Gasteiger partial charge in [-0.2, -0.15) is 9.50 Å². The summed E-state index contributed by atoms with van der Waals surface area (Å²) < 4.78 is 15.8. The molecule has 7 heteroatoms. The second-order valence-electron chi connectivity index (χ2n) is 4.73. The normalized spacial score (nSPS) is 16.8. The number of aromatic nitrogens is 3. The van der Waals surface area contributed by atoms with Gasteiger partial charge < -0.3 is 5.32 Å². The SMILES string of the molecule is CC1=NS(=O)c2ccc(Nc3n[nH]c4cccnc34)cc21. The molecule has 1 aliphatic heterocycles. The Bertz CT molecular complexity index is 915. The third kappa shape index (κ3) is 1.93. The summed E-state index contributed by atoms with van der Waals surface area (Å²) in [6, 6.07) is 9.41. The fraction of sp³-hybridized carbons (Fsp3) is 0.0714. The molecule has 1 unspecified atom stereocenters. The van der Waals surface area contributed by atoms with Crippen LogP contribution < -0.4 is 5.32 Å². The zero-order valence-electron chi connectivity index (χ0n) is 11.1. The Morgan fingerprint density at radius 1 is 1.29 bits per heavy atom. The van der Waals surface area contributed by atoms with Gasteiger partial charge in [-0.3, -0.25) is 10.1 Å². The summed E-state index contributed by atoms with van der Waals surface area (Å²) in [6.07, 6.45) is 1.73. The van der Waals surface area contributed by atoms with Crippen molar-refractivity contribution in [1.82, 2.24) is 15.2 Å². The van der Waals surface area contributed by atoms with Gasteiger partial charge in [0.05, 0.1) is 16.1 Å². The molecule has 1 aliphatic rings. The molecular formula is C14H11N5OS. The molecule has 0 amide bonds. The molecule has 1 atom stereocenters. The monoisotopic (exact) mass is 297 g/mol. The number of aromatic amines is 1. The molecule has 4 rings (SSSR count). The lowest BCUT2D eigenvalue weighted by molar-refractivity contribution is 0.685. The third-order valence-electron chi connectivity index (χ3n) is 3.36. The Balaban J connectivity index is 1.74. The van der Waals surface area contributed by atoms with E-state index in [0.717, 1.165) is 32.9 Å². The highest BCUT2D eigenvalue weighted by Gasteiger charge is 2.19. The average Bonchev–Trinajstić information content (AvgIpc) is 3.02. The van der Waals surface area contributed by atoms with Crippen molar-refractivity contribution in [1.29, 1.82) is 0 Å². The van der Waals surface area contributed by atoms with Crippen LogP contribution in [0.25, 0.3) is 11.0 Å². The topological polar surface area (TPSA) is 83.0 Å². The van der Waals surface area contributed by atoms with Crippen molar-refractivity contribution in [2.45, 2.75) is 11.8 Å². The quantitative estimate of drug-likeness (QED) is 0.761. The molecule has 0 aliphatic carbocycles. The molecule has 2 N–H and O–H groups in total. The number of hydrogen-bond acceptors (Lipinski definition) is 4. The largest absolute Gasteiger partial charge is 0.337 e. The van der Waals surface area contributed by atoms with Crippen LogP contribution in [0.15, 0.2) is 45.8 Å². The van der Waals surface area contributed by atoms with Crippen molar-refractivity contribution < 1.29 is 4.21 Å². The second kappa shape index (κ2) is 4.49. The van der Waals surface area contributed by atoms with E-state index in [1.807, 2.05) is 37.3 Å². The van der Waals surface area contributed by atoms with Crippen LogP contribution in [-0.2, 0) is 11.0 Å². The Kier molecular flexibility index (Phi) is 2.61. The van der Waals surface area contributed by atoms with Crippen LogP contribution in [0.2, 0.25) is 0 Å². The van der Waals surface area contributed by atoms with Gasteiger partial charge in [0.25, 0.3) is 0 Å². The van der Waals surface area contributed by atoms with Crippen molar-refractivity contribution in [2.75, 3.05) is 5.32 Å². The van der Waals surface area contributed by atoms with Crippen LogP contribution in [0.5, 0.6) is 0 Å². The number of anilines is 2. The summed E-state index contributed by atoms with van der Waals surface area (Å²) >= 11 is 0. The van der Waals surface area contributed by atoms with Gasteiger partial charge >= 0.3 is 0 Å². The standard InChI is InChI=1S/C14H11N5OS/c1-8-10-7-9(4-5-12(10)21(20)19-8)16-14-13-11(17-18-14)3-2-6-15-13/h2-7H,1H3,(H2,16,17,18). The van der Waals surface area contributed by atoms with E-state index in [-0.39, 0.29) is 0 Å². The van der Waals surface area contributed by atoms with Crippen LogP contribution in [0, 0.1) is 0 Å². The lowest BCUT2D eigenvalue weighted by Crippen LogP contribution is -1.96. The van der Waals surface area contributed by atoms with E-state index < -0.39 is 11.0 Å². The molecule has 0 saturated heterocycles. The summed E-state index contributed by atoms with van der Waals surface area (Å²) in [5.41, 5.74) is 4.22. The molecule has 0 saturated carbocycles. The minimum Gasteiger partial charge on any atom is -0.337 e. The van der Waals surface area contributed by atoms with Gasteiger partial charge in [-0.25, -0.2) is 4.21 Å². The number of fused-ring (bicyclic) bond motifs is 2. The summed E-state index contributed by atoms with van der Waals surface area (Å²) in [5, 5.41) is 10.4. The van der Waals surface area contributed by atoms with Gasteiger partial charge in [0.15, 0.2) is 16.8 Å². The number of H-pyrrole nitrogens is 1. The first-order chi connectivity index (χ1) is 10.2. The van der Waals surface area contributed by atoms with Crippen LogP contribution in [0.4, 0.5) is 11.5 Å². The maximum atomic E-state index is 11.8. The van der Waals surface area contributed by atoms with Crippen LogP contribution in [-0.4, -0.2) is 25.1 Å². The molecule has 0 radical (unpaired) electrons. The van der Waals surface area contributed by atoms with Gasteiger partial charge in [0, 0.05) is 17.4 Å². The zero-order chi connectivity index (χ0) is 14.4. The number of rotatable bonds is 2. The van der Waals surface area contributed by atoms with Gasteiger partial charge in [-0.05, 0) is 37.3 Å². The Labute approximate surface area is 122 Å². The van der Waals surface area contributed by atoms with Crippen LogP contribution in [0.1, 0.15) is 12.5 Å². The number of nitrogens with one attached hydrogen (secondary N) is 2. The summed E-state index contributed by atoms with van der Waals surface area (Å²) in [7, 11) is -1.27. The molecule has 0 spiro atoms. The first-order valence-corrected chi connectivity index (χ1v) is 7.51. The van der Waals surface area contributed by atoms with Crippen molar-refractivity contribution in [2.24, 2.45) is 4.40 Å². The first-order valence-electron chi connectivity index (χ1n) is 6.40. The molecule has 0 fully saturated rings. The Morgan fingerprint density at radius 2 is 2.19 bits per heavy atom. The van der Waals surface area contributed by atoms with E-state index in [1.54, 1.807) is 6.20 Å². The van der Waals surface area contributed by atoms with Crippen molar-refractivity contribution in [3.05, 3.63) is 42.1 Å². The molecule has 2 aromatic heterocycles. The first kappa shape index (κ1) is 12.2. The summed E-state index contributed by atoms with van der Waals surface area (Å²) in [5.74, 6) is 0.666. The highest BCUT2D eigenvalue weighted by atomic mass is 32.2. The van der Waals surface area contributed by atoms with Crippen molar-refractivity contribution in [3.8, 4) is 0 Å². The third-order valence-corrected chi connectivity index (χ3v) is 4.53. The van der Waals surface area contributed by atoms with E-state index in [2.05, 4.69) is 24.9 Å². The fourth-order valence-corrected chi connectivity index (χ4v) is 3.37. The smallest absolute Gasteiger partial charge is 0.178 e. The molecule has 21 heavy (non-hydrogen) atoms. The van der Waals surface area contributed by atoms with Gasteiger partial charge in [0.1, 0.15) is 5.52 Å². The minimum absolute atomic E-state index is 0.666. The minimum atomic E-state index is -1.27. The maximum Gasteiger partial charge on any atom is 0.178 e. The van der Waals surface area contributed by atoms with Crippen molar-refractivity contribution in [3.63, 3.8) is 0 Å². The number of nitrogens with zero attached hydrogens (tertiary/aromatic N) is 3. The molecule has 3 aromatic rings. The van der Waals surface area contributed by atoms with Gasteiger partial charge in [-0.15, -0.1) is 0 Å². The van der Waals surface area contributed by atoms with E-state index >= 15 is 0 Å². The zero-order valence-corrected chi connectivity index (χ0v) is 11.9. The van der Waals surface area contributed by atoms with Crippen LogP contribution >= 0.6 is 0 Å². The molecule has 3 heterocycles. The van der Waals surface area contributed by atoms with Crippen LogP contribution in [0.3, 0.4) is 0 Å². The Hall–Kier alpha value is -2.54. The molecule has 0 bridgehead atoms. The molecule has 6 nitrogen and oxygen atoms in total. The average molecular weight is 297 g/mol. The highest BCUT2D eigenvalue weighted by Crippen LogP contribution is 2.28. The molecular weight excluding hydrogens is 286 g/mol. The molecule has 1 aromatic carbocycles. The Morgan fingerprint density at radius 3 is 3.10 bits per heavy atom. The molecule has 104 valence electrons. The van der Waals surface area contributed by atoms with Gasteiger partial charge in [0.2, 0.25) is 0 Å². The maximum absolute atomic E-state index is 11.8. The number of pyridine rings is 1. The summed E-state index contributed by atoms with van der Waals surface area (Å²) in [4.78, 5) is 5.06. The lowest BCUT2D eigenvalue weighted by Gasteiger charge is -2.05. The lowest BCUT2D eigenvalue weighted by atomic mass is 10.1. The highest BCUT2D eigenvalue weighted by molar-refractivity contribution is 7.84. The van der Waals surface area contributed by atoms with E-state index in [1.165, 1.54) is 0 Å². The second-order valence-corrected chi connectivity index (χ2v) is 5.85. The number of hydrogen-bond donors (Lipinski definition) is 2. The predicted molar refractivity (Wildman–Crippen MR) is 82.2 cm³/mol. The van der Waals surface area contributed by atoms with E-state index in [4.69, 9.17) is 0 Å². The fourth-order valence-electron chi connectivity index (χ4n) is 2.34. The van der Waals surface area contributed by atoms with Gasteiger partial charge in [-0.1, -0.05) is 0 Å². The predicted octanol–water partition coefficient (Wildman–Crippen LogP) is 2.55. The van der Waals surface area contributed by atoms with Crippen molar-refractivity contribution >= 4 is 39.2 Å². The summed E-state index contributed by atoms with van der Waals surface area (Å²) in [6.45, 7) is 1.86.